The summed E-state index contributed by atoms with van der Waals surface area (Å²) in [5.41, 5.74) is 4.33. The van der Waals surface area contributed by atoms with Crippen molar-refractivity contribution in [1.29, 1.82) is 0 Å². The molecule has 4 rings (SSSR count). The molecule has 0 bridgehead atoms. The highest BCUT2D eigenvalue weighted by atomic mass is 16.5. The Morgan fingerprint density at radius 2 is 1.69 bits per heavy atom. The fourth-order valence-electron chi connectivity index (χ4n) is 3.41. The minimum atomic E-state index is -0.195. The van der Waals surface area contributed by atoms with Gasteiger partial charge in [-0.2, -0.15) is 0 Å². The number of methoxy groups -OCH3 is 1. The molecule has 0 amide bonds. The van der Waals surface area contributed by atoms with E-state index in [1.165, 1.54) is 0 Å². The van der Waals surface area contributed by atoms with Gasteiger partial charge in [-0.1, -0.05) is 66.7 Å². The first-order valence-corrected chi connectivity index (χ1v) is 9.79. The van der Waals surface area contributed by atoms with Crippen LogP contribution in [0.3, 0.4) is 0 Å². The van der Waals surface area contributed by atoms with Crippen LogP contribution in [0.5, 0.6) is 17.2 Å². The van der Waals surface area contributed by atoms with Crippen LogP contribution < -0.4 is 14.2 Å². The van der Waals surface area contributed by atoms with E-state index in [9.17, 15) is 0 Å². The maximum absolute atomic E-state index is 6.47. The third-order valence-corrected chi connectivity index (χ3v) is 4.86. The van der Waals surface area contributed by atoms with Crippen molar-refractivity contribution in [2.24, 2.45) is 0 Å². The summed E-state index contributed by atoms with van der Waals surface area (Å²) in [7, 11) is 1.67. The zero-order chi connectivity index (χ0) is 20.1. The zero-order valence-electron chi connectivity index (χ0n) is 16.7. The number of benzene rings is 3. The van der Waals surface area contributed by atoms with Gasteiger partial charge in [0.2, 0.25) is 0 Å². The number of ether oxygens (including phenoxy) is 3. The van der Waals surface area contributed by atoms with Gasteiger partial charge in [0, 0.05) is 5.56 Å². The van der Waals surface area contributed by atoms with Crippen LogP contribution in [0.25, 0.3) is 12.2 Å². The van der Waals surface area contributed by atoms with Crippen LogP contribution in [-0.2, 0) is 0 Å². The normalized spacial score (nSPS) is 15.4. The first-order valence-electron chi connectivity index (χ1n) is 9.79. The van der Waals surface area contributed by atoms with E-state index in [2.05, 4.69) is 36.4 Å². The van der Waals surface area contributed by atoms with E-state index < -0.39 is 0 Å². The van der Waals surface area contributed by atoms with Gasteiger partial charge in [0.1, 0.15) is 11.9 Å². The maximum atomic E-state index is 6.47. The van der Waals surface area contributed by atoms with Gasteiger partial charge in [-0.3, -0.25) is 0 Å². The third-order valence-electron chi connectivity index (χ3n) is 4.86. The van der Waals surface area contributed by atoms with E-state index >= 15 is 0 Å². The molecule has 0 fully saturated rings. The fraction of sp³-hybridized carbons (Fsp3) is 0.154. The Kier molecular flexibility index (Phi) is 5.66. The molecule has 1 atom stereocenters. The number of fused-ring (bicyclic) bond motifs is 1. The first kappa shape index (κ1) is 18.9. The van der Waals surface area contributed by atoms with E-state index in [0.29, 0.717) is 6.61 Å². The fourth-order valence-corrected chi connectivity index (χ4v) is 3.41. The Morgan fingerprint density at radius 1 is 0.897 bits per heavy atom. The van der Waals surface area contributed by atoms with Gasteiger partial charge >= 0.3 is 0 Å². The van der Waals surface area contributed by atoms with Gasteiger partial charge < -0.3 is 14.2 Å². The predicted molar refractivity (Wildman–Crippen MR) is 117 cm³/mol. The third kappa shape index (κ3) is 4.19. The summed E-state index contributed by atoms with van der Waals surface area (Å²) >= 11 is 0. The lowest BCUT2D eigenvalue weighted by Crippen LogP contribution is -2.14. The maximum Gasteiger partial charge on any atom is 0.169 e. The molecular formula is C26H24O3. The molecule has 3 aromatic rings. The first-order chi connectivity index (χ1) is 14.3. The molecule has 0 spiro atoms. The number of hydrogen-bond acceptors (Lipinski definition) is 3. The van der Waals surface area contributed by atoms with Crippen molar-refractivity contribution in [3.8, 4) is 17.2 Å². The Bertz CT molecular complexity index is 1020. The average molecular weight is 384 g/mol. The van der Waals surface area contributed by atoms with Gasteiger partial charge in [0.25, 0.3) is 0 Å². The van der Waals surface area contributed by atoms with Crippen LogP contribution >= 0.6 is 0 Å². The van der Waals surface area contributed by atoms with E-state index in [1.807, 2.05) is 61.5 Å². The lowest BCUT2D eigenvalue weighted by atomic mass is 9.95. The summed E-state index contributed by atoms with van der Waals surface area (Å²) in [6.45, 7) is 2.58. The van der Waals surface area contributed by atoms with Crippen LogP contribution in [0.2, 0.25) is 0 Å². The summed E-state index contributed by atoms with van der Waals surface area (Å²) in [4.78, 5) is 0. The molecule has 0 saturated carbocycles. The average Bonchev–Trinajstić information content (AvgIpc) is 2.78. The molecule has 0 N–H and O–H groups in total. The SMILES string of the molecule is CCOc1cccc2c1OC(c1ccccc1)C(/C=C/c1ccc(OC)cc1)=C2. The van der Waals surface area contributed by atoms with Crippen molar-refractivity contribution < 1.29 is 14.2 Å². The summed E-state index contributed by atoms with van der Waals surface area (Å²) in [6.07, 6.45) is 6.20. The molecule has 1 aliphatic heterocycles. The zero-order valence-corrected chi connectivity index (χ0v) is 16.7. The van der Waals surface area contributed by atoms with Gasteiger partial charge in [0.05, 0.1) is 13.7 Å². The Morgan fingerprint density at radius 3 is 2.41 bits per heavy atom. The second kappa shape index (κ2) is 8.70. The van der Waals surface area contributed by atoms with Crippen molar-refractivity contribution >= 4 is 12.2 Å². The lowest BCUT2D eigenvalue weighted by Gasteiger charge is -2.27. The van der Waals surface area contributed by atoms with Crippen molar-refractivity contribution in [2.45, 2.75) is 13.0 Å². The quantitative estimate of drug-likeness (QED) is 0.497. The monoisotopic (exact) mass is 384 g/mol. The minimum Gasteiger partial charge on any atom is -0.497 e. The number of para-hydroxylation sites is 1. The second-order valence-corrected chi connectivity index (χ2v) is 6.77. The molecule has 1 aliphatic rings. The molecule has 3 nitrogen and oxygen atoms in total. The summed E-state index contributed by atoms with van der Waals surface area (Å²) in [5, 5.41) is 0. The molecule has 0 radical (unpaired) electrons. The van der Waals surface area contributed by atoms with E-state index in [0.717, 1.165) is 39.5 Å². The second-order valence-electron chi connectivity index (χ2n) is 6.77. The molecule has 3 heteroatoms. The number of hydrogen-bond donors (Lipinski definition) is 0. The molecule has 29 heavy (non-hydrogen) atoms. The summed E-state index contributed by atoms with van der Waals surface area (Å²) < 4.78 is 17.5. The minimum absolute atomic E-state index is 0.195. The van der Waals surface area contributed by atoms with E-state index in [4.69, 9.17) is 14.2 Å². The van der Waals surface area contributed by atoms with Gasteiger partial charge in [-0.25, -0.2) is 0 Å². The summed E-state index contributed by atoms with van der Waals surface area (Å²) in [5.74, 6) is 2.42. The smallest absolute Gasteiger partial charge is 0.169 e. The summed E-state index contributed by atoms with van der Waals surface area (Å²) in [6, 6.07) is 24.3. The van der Waals surface area contributed by atoms with Crippen LogP contribution in [0, 0.1) is 0 Å². The van der Waals surface area contributed by atoms with Crippen LogP contribution in [0.1, 0.15) is 29.7 Å². The number of rotatable bonds is 6. The molecule has 0 aromatic heterocycles. The molecule has 0 saturated heterocycles. The van der Waals surface area contributed by atoms with E-state index in [-0.39, 0.29) is 6.10 Å². The highest BCUT2D eigenvalue weighted by Crippen LogP contribution is 2.43. The largest absolute Gasteiger partial charge is 0.497 e. The van der Waals surface area contributed by atoms with Crippen LogP contribution in [-0.4, -0.2) is 13.7 Å². The molecule has 1 unspecified atom stereocenters. The standard InChI is InChI=1S/C26H24O3/c1-3-28-24-11-7-10-21-18-22(15-12-19-13-16-23(27-2)17-14-19)25(29-26(21)24)20-8-5-4-6-9-20/h4-18,25H,3H2,1-2H3/b15-12+. The van der Waals surface area contributed by atoms with Crippen molar-refractivity contribution in [2.75, 3.05) is 13.7 Å². The lowest BCUT2D eigenvalue weighted by molar-refractivity contribution is 0.223. The molecule has 1 heterocycles. The van der Waals surface area contributed by atoms with Crippen molar-refractivity contribution in [3.05, 3.63) is 101 Å². The Labute approximate surface area is 171 Å². The van der Waals surface area contributed by atoms with Crippen molar-refractivity contribution in [1.82, 2.24) is 0 Å². The Balaban J connectivity index is 1.72. The highest BCUT2D eigenvalue weighted by Gasteiger charge is 2.25. The van der Waals surface area contributed by atoms with Crippen LogP contribution in [0.15, 0.2) is 84.4 Å². The predicted octanol–water partition coefficient (Wildman–Crippen LogP) is 6.32. The molecule has 3 aromatic carbocycles. The van der Waals surface area contributed by atoms with Gasteiger partial charge in [-0.15, -0.1) is 0 Å². The Hall–Kier alpha value is -3.46. The highest BCUT2D eigenvalue weighted by molar-refractivity contribution is 5.71. The van der Waals surface area contributed by atoms with E-state index in [1.54, 1.807) is 7.11 Å². The van der Waals surface area contributed by atoms with Gasteiger partial charge in [-0.05, 0) is 47.9 Å². The molecule has 146 valence electrons. The molecule has 0 aliphatic carbocycles. The molecular weight excluding hydrogens is 360 g/mol. The van der Waals surface area contributed by atoms with Crippen molar-refractivity contribution in [3.63, 3.8) is 0 Å². The van der Waals surface area contributed by atoms with Crippen LogP contribution in [0.4, 0.5) is 0 Å². The van der Waals surface area contributed by atoms with Gasteiger partial charge in [0.15, 0.2) is 11.5 Å². The topological polar surface area (TPSA) is 27.7 Å².